The van der Waals surface area contributed by atoms with Gasteiger partial charge in [-0.05, 0) is 0 Å². The Labute approximate surface area is 65.6 Å². The Hall–Kier alpha value is -0.0431. The summed E-state index contributed by atoms with van der Waals surface area (Å²) < 4.78 is 38.1. The predicted molar refractivity (Wildman–Crippen MR) is 37.6 cm³/mol. The summed E-state index contributed by atoms with van der Waals surface area (Å²) in [4.78, 5) is 0. The van der Waals surface area contributed by atoms with Crippen LogP contribution in [0.25, 0.3) is 0 Å². The van der Waals surface area contributed by atoms with E-state index in [-0.39, 0.29) is 0 Å². The van der Waals surface area contributed by atoms with E-state index >= 15 is 0 Å². The fourth-order valence-corrected chi connectivity index (χ4v) is 2.07. The first-order chi connectivity index (χ1) is 5.10. The molecule has 0 aromatic heterocycles. The van der Waals surface area contributed by atoms with Crippen LogP contribution in [0.1, 0.15) is 0 Å². The third-order valence-electron chi connectivity index (χ3n) is 1.34. The zero-order valence-electron chi connectivity index (χ0n) is 6.77. The highest BCUT2D eigenvalue weighted by Gasteiger charge is 2.41. The first-order valence-corrected chi connectivity index (χ1v) is 4.97. The van der Waals surface area contributed by atoms with Crippen LogP contribution in [0.5, 0.6) is 0 Å². The van der Waals surface area contributed by atoms with Gasteiger partial charge in [-0.15, -0.1) is 0 Å². The Morgan fingerprint density at radius 3 is 1.55 bits per heavy atom. The molecule has 0 heterocycles. The Kier molecular flexibility index (Phi) is 4.74. The third-order valence-corrected chi connectivity index (χ3v) is 4.01. The van der Waals surface area contributed by atoms with Gasteiger partial charge >= 0.3 is 8.80 Å². The lowest BCUT2D eigenvalue weighted by molar-refractivity contribution is 0.0874. The summed E-state index contributed by atoms with van der Waals surface area (Å²) in [6, 6.07) is -0.462. The summed E-state index contributed by atoms with van der Waals surface area (Å²) in [5.74, 6) is 0. The van der Waals surface area contributed by atoms with E-state index in [1.54, 1.807) is 0 Å². The van der Waals surface area contributed by atoms with E-state index in [1.165, 1.54) is 21.3 Å². The second-order valence-electron chi connectivity index (χ2n) is 1.89. The maximum absolute atomic E-state index is 11.9. The van der Waals surface area contributed by atoms with E-state index in [4.69, 9.17) is 13.3 Å². The molecule has 0 unspecified atom stereocenters. The van der Waals surface area contributed by atoms with Gasteiger partial charge in [0.15, 0.2) is 0 Å². The van der Waals surface area contributed by atoms with E-state index < -0.39 is 21.3 Å². The summed E-state index contributed by atoms with van der Waals surface area (Å²) >= 11 is 0. The molecule has 0 aromatic carbocycles. The number of rotatable bonds is 5. The monoisotopic (exact) mass is 186 g/mol. The minimum Gasteiger partial charge on any atom is -0.377 e. The van der Waals surface area contributed by atoms with Gasteiger partial charge < -0.3 is 13.3 Å². The fourth-order valence-electron chi connectivity index (χ4n) is 0.689. The molecule has 68 valence electrons. The van der Waals surface area contributed by atoms with Crippen molar-refractivity contribution < 1.29 is 22.1 Å². The smallest absolute Gasteiger partial charge is 0.377 e. The molecule has 0 rings (SSSR count). The van der Waals surface area contributed by atoms with Gasteiger partial charge in [0.1, 0.15) is 0 Å². The molecular formula is C5H12F2O3Si. The highest BCUT2D eigenvalue weighted by atomic mass is 28.4. The van der Waals surface area contributed by atoms with Crippen molar-refractivity contribution in [2.75, 3.05) is 21.3 Å². The zero-order chi connectivity index (χ0) is 8.91. The molecule has 0 aliphatic rings. The molecule has 0 saturated carbocycles. The molecule has 11 heavy (non-hydrogen) atoms. The van der Waals surface area contributed by atoms with Crippen molar-refractivity contribution in [2.24, 2.45) is 0 Å². The molecule has 0 aliphatic heterocycles. The number of hydrogen-bond acceptors (Lipinski definition) is 3. The van der Waals surface area contributed by atoms with Crippen LogP contribution in [0.2, 0.25) is 6.04 Å². The topological polar surface area (TPSA) is 27.7 Å². The average molecular weight is 186 g/mol. The Balaban J connectivity index is 4.05. The van der Waals surface area contributed by atoms with Gasteiger partial charge in [0.2, 0.25) is 6.43 Å². The van der Waals surface area contributed by atoms with E-state index in [2.05, 4.69) is 0 Å². The molecule has 0 bridgehead atoms. The lowest BCUT2D eigenvalue weighted by atomic mass is 10.9. The van der Waals surface area contributed by atoms with Gasteiger partial charge in [-0.25, -0.2) is 8.78 Å². The van der Waals surface area contributed by atoms with E-state index in [0.717, 1.165) is 0 Å². The van der Waals surface area contributed by atoms with Crippen LogP contribution in [0.3, 0.4) is 0 Å². The second-order valence-corrected chi connectivity index (χ2v) is 4.89. The second kappa shape index (κ2) is 4.76. The van der Waals surface area contributed by atoms with Crippen molar-refractivity contribution in [3.05, 3.63) is 0 Å². The first-order valence-electron chi connectivity index (χ1n) is 3.04. The largest absolute Gasteiger partial charge is 0.505 e. The molecule has 0 amide bonds. The van der Waals surface area contributed by atoms with E-state index in [9.17, 15) is 8.78 Å². The molecule has 0 atom stereocenters. The molecule has 3 nitrogen and oxygen atoms in total. The molecular weight excluding hydrogens is 174 g/mol. The molecule has 0 radical (unpaired) electrons. The third kappa shape index (κ3) is 3.24. The lowest BCUT2D eigenvalue weighted by Gasteiger charge is -2.23. The maximum atomic E-state index is 11.9. The van der Waals surface area contributed by atoms with Crippen molar-refractivity contribution in [1.29, 1.82) is 0 Å². The first kappa shape index (κ1) is 11.0. The van der Waals surface area contributed by atoms with Gasteiger partial charge in [-0.2, -0.15) is 0 Å². The minimum absolute atomic E-state index is 0.462. The van der Waals surface area contributed by atoms with Gasteiger partial charge in [0, 0.05) is 21.3 Å². The molecule has 0 aromatic rings. The van der Waals surface area contributed by atoms with Gasteiger partial charge in [0.05, 0.1) is 6.04 Å². The van der Waals surface area contributed by atoms with Crippen LogP contribution in [0, 0.1) is 0 Å². The number of alkyl halides is 2. The Morgan fingerprint density at radius 1 is 1.09 bits per heavy atom. The van der Waals surface area contributed by atoms with Crippen LogP contribution < -0.4 is 0 Å². The Morgan fingerprint density at radius 2 is 1.45 bits per heavy atom. The highest BCUT2D eigenvalue weighted by Crippen LogP contribution is 2.17. The van der Waals surface area contributed by atoms with Crippen LogP contribution in [-0.2, 0) is 13.3 Å². The van der Waals surface area contributed by atoms with Crippen molar-refractivity contribution in [1.82, 2.24) is 0 Å². The Bertz CT molecular complexity index is 99.6. The van der Waals surface area contributed by atoms with E-state index in [0.29, 0.717) is 0 Å². The fraction of sp³-hybridized carbons (Fsp3) is 1.00. The van der Waals surface area contributed by atoms with Crippen molar-refractivity contribution >= 4 is 8.80 Å². The van der Waals surface area contributed by atoms with Gasteiger partial charge in [-0.3, -0.25) is 0 Å². The van der Waals surface area contributed by atoms with Crippen molar-refractivity contribution in [3.8, 4) is 0 Å². The number of hydrogen-bond donors (Lipinski definition) is 0. The molecule has 6 heteroatoms. The van der Waals surface area contributed by atoms with Crippen molar-refractivity contribution in [2.45, 2.75) is 12.5 Å². The maximum Gasteiger partial charge on any atom is 0.505 e. The van der Waals surface area contributed by atoms with Crippen LogP contribution in [0.4, 0.5) is 8.78 Å². The average Bonchev–Trinajstić information content (AvgIpc) is 2.00. The van der Waals surface area contributed by atoms with Crippen LogP contribution in [-0.4, -0.2) is 36.6 Å². The van der Waals surface area contributed by atoms with Crippen molar-refractivity contribution in [3.63, 3.8) is 0 Å². The summed E-state index contributed by atoms with van der Waals surface area (Å²) in [5.41, 5.74) is 0. The molecule has 0 spiro atoms. The minimum atomic E-state index is -3.03. The van der Waals surface area contributed by atoms with Gasteiger partial charge in [-0.1, -0.05) is 0 Å². The van der Waals surface area contributed by atoms with E-state index in [1.807, 2.05) is 0 Å². The van der Waals surface area contributed by atoms with Crippen LogP contribution in [0.15, 0.2) is 0 Å². The summed E-state index contributed by atoms with van der Waals surface area (Å²) in [5, 5.41) is 0. The molecule has 0 N–H and O–H groups in total. The molecule has 0 aliphatic carbocycles. The lowest BCUT2D eigenvalue weighted by Crippen LogP contribution is -2.44. The number of halogens is 2. The highest BCUT2D eigenvalue weighted by molar-refractivity contribution is 6.60. The quantitative estimate of drug-likeness (QED) is 0.602. The standard InChI is InChI=1S/C5H12F2O3Si/c1-8-11(9-2,10-3)4-5(6)7/h5H,4H2,1-3H3. The summed E-state index contributed by atoms with van der Waals surface area (Å²) in [6.07, 6.45) is -2.46. The zero-order valence-corrected chi connectivity index (χ0v) is 7.77. The molecule has 0 fully saturated rings. The molecule has 0 saturated heterocycles. The summed E-state index contributed by atoms with van der Waals surface area (Å²) in [6.45, 7) is 0. The normalized spacial score (nSPS) is 12.5. The predicted octanol–water partition coefficient (Wildman–Crippen LogP) is 1.13. The SMILES string of the molecule is CO[Si](CC(F)F)(OC)OC. The summed E-state index contributed by atoms with van der Waals surface area (Å²) in [7, 11) is 0.891. The van der Waals surface area contributed by atoms with Gasteiger partial charge in [0.25, 0.3) is 0 Å². The van der Waals surface area contributed by atoms with Crippen LogP contribution >= 0.6 is 0 Å².